The van der Waals surface area contributed by atoms with Gasteiger partial charge in [0.05, 0.1) is 19.5 Å². The number of methoxy groups -OCH3 is 2. The van der Waals surface area contributed by atoms with Gasteiger partial charge in [0.2, 0.25) is 16.0 Å². The Kier molecular flexibility index (Phi) is 7.43. The molecular weight excluding hydrogens is 496 g/mol. The van der Waals surface area contributed by atoms with E-state index in [2.05, 4.69) is 30.0 Å². The molecule has 0 radical (unpaired) electrons. The molecule has 13 heteroatoms. The van der Waals surface area contributed by atoms with E-state index in [1.165, 1.54) is 18.8 Å². The molecule has 196 valence electrons. The van der Waals surface area contributed by atoms with E-state index in [0.29, 0.717) is 41.1 Å². The minimum Gasteiger partial charge on any atom is -0.494 e. The summed E-state index contributed by atoms with van der Waals surface area (Å²) in [6, 6.07) is 7.03. The summed E-state index contributed by atoms with van der Waals surface area (Å²) in [7, 11) is -0.935. The molecule has 0 aliphatic heterocycles. The highest BCUT2D eigenvalue weighted by Crippen LogP contribution is 2.37. The number of hydrogen-bond donors (Lipinski definition) is 1. The first kappa shape index (κ1) is 26.1. The average molecular weight is 527 g/mol. The second-order valence-corrected chi connectivity index (χ2v) is 10.5. The van der Waals surface area contributed by atoms with Crippen molar-refractivity contribution in [3.8, 4) is 28.7 Å². The highest BCUT2D eigenvalue weighted by molar-refractivity contribution is 7.93. The topological polar surface area (TPSA) is 139 Å². The lowest BCUT2D eigenvalue weighted by Gasteiger charge is -2.21. The fourth-order valence-electron chi connectivity index (χ4n) is 3.77. The van der Waals surface area contributed by atoms with Gasteiger partial charge in [-0.3, -0.25) is 14.0 Å². The molecule has 37 heavy (non-hydrogen) atoms. The maximum absolute atomic E-state index is 13.5. The lowest BCUT2D eigenvalue weighted by atomic mass is 10.1. The van der Waals surface area contributed by atoms with Crippen LogP contribution in [-0.4, -0.2) is 62.4 Å². The number of aryl methyl sites for hydroxylation is 2. The van der Waals surface area contributed by atoms with Gasteiger partial charge in [-0.1, -0.05) is 13.0 Å². The van der Waals surface area contributed by atoms with Crippen LogP contribution in [0.3, 0.4) is 0 Å². The van der Waals surface area contributed by atoms with Gasteiger partial charge in [0.15, 0.2) is 5.82 Å². The van der Waals surface area contributed by atoms with Gasteiger partial charge in [-0.05, 0) is 44.5 Å². The molecule has 3 aromatic heterocycles. The van der Waals surface area contributed by atoms with Crippen molar-refractivity contribution in [2.75, 3.05) is 18.9 Å². The number of rotatable bonds is 10. The fourth-order valence-corrected chi connectivity index (χ4v) is 5.01. The van der Waals surface area contributed by atoms with Crippen molar-refractivity contribution in [3.05, 3.63) is 54.2 Å². The van der Waals surface area contributed by atoms with Gasteiger partial charge < -0.3 is 9.47 Å². The third-order valence-electron chi connectivity index (χ3n) is 6.12. The highest BCUT2D eigenvalue weighted by atomic mass is 32.2. The predicted molar refractivity (Wildman–Crippen MR) is 139 cm³/mol. The van der Waals surface area contributed by atoms with Crippen LogP contribution in [0.15, 0.2) is 42.9 Å². The van der Waals surface area contributed by atoms with Crippen molar-refractivity contribution in [3.63, 3.8) is 0 Å². The molecule has 2 atom stereocenters. The van der Waals surface area contributed by atoms with Crippen LogP contribution in [0.25, 0.3) is 17.2 Å². The van der Waals surface area contributed by atoms with E-state index in [4.69, 9.17) is 9.47 Å². The quantitative estimate of drug-likeness (QED) is 0.330. The van der Waals surface area contributed by atoms with Crippen LogP contribution in [-0.2, 0) is 16.6 Å². The minimum absolute atomic E-state index is 0.0345. The number of sulfonamides is 1. The van der Waals surface area contributed by atoms with Crippen LogP contribution < -0.4 is 14.2 Å². The Hall–Kier alpha value is -4.00. The summed E-state index contributed by atoms with van der Waals surface area (Å²) in [4.78, 5) is 8.61. The molecule has 0 fully saturated rings. The summed E-state index contributed by atoms with van der Waals surface area (Å²) in [6.45, 7) is 7.86. The Morgan fingerprint density at radius 1 is 1.03 bits per heavy atom. The second kappa shape index (κ2) is 10.5. The van der Waals surface area contributed by atoms with Gasteiger partial charge in [-0.15, -0.1) is 10.2 Å². The Balaban J connectivity index is 1.82. The molecule has 0 spiro atoms. The second-order valence-electron chi connectivity index (χ2n) is 8.51. The summed E-state index contributed by atoms with van der Waals surface area (Å²) in [5.41, 5.74) is 1.82. The van der Waals surface area contributed by atoms with Gasteiger partial charge in [0.25, 0.3) is 0 Å². The van der Waals surface area contributed by atoms with E-state index in [1.54, 1.807) is 55.2 Å². The van der Waals surface area contributed by atoms with Gasteiger partial charge in [-0.2, -0.15) is 5.10 Å². The third-order valence-corrected chi connectivity index (χ3v) is 7.97. The zero-order valence-corrected chi connectivity index (χ0v) is 22.4. The van der Waals surface area contributed by atoms with Crippen molar-refractivity contribution in [1.29, 1.82) is 0 Å². The average Bonchev–Trinajstić information content (AvgIpc) is 3.54. The fraction of sp³-hybridized carbons (Fsp3) is 0.375. The van der Waals surface area contributed by atoms with Gasteiger partial charge in [-0.25, -0.2) is 18.4 Å². The number of ether oxygens (including phenoxy) is 2. The number of para-hydroxylation sites is 1. The number of benzene rings is 1. The monoisotopic (exact) mass is 526 g/mol. The number of nitrogens with zero attached hydrogens (tertiary/aromatic N) is 7. The first-order chi connectivity index (χ1) is 17.7. The summed E-state index contributed by atoms with van der Waals surface area (Å²) in [6.07, 6.45) is 5.14. The molecule has 3 heterocycles. The van der Waals surface area contributed by atoms with Gasteiger partial charge in [0, 0.05) is 31.1 Å². The Labute approximate surface area is 215 Å². The number of aromatic nitrogens is 7. The van der Waals surface area contributed by atoms with E-state index in [0.717, 1.165) is 5.56 Å². The van der Waals surface area contributed by atoms with Crippen LogP contribution in [0.4, 0.5) is 5.95 Å². The summed E-state index contributed by atoms with van der Waals surface area (Å²) in [5.74, 6) is 1.09. The Morgan fingerprint density at radius 2 is 1.68 bits per heavy atom. The summed E-state index contributed by atoms with van der Waals surface area (Å²) >= 11 is 0. The number of nitrogens with one attached hydrogen (secondary N) is 1. The van der Waals surface area contributed by atoms with Crippen molar-refractivity contribution in [2.45, 2.75) is 45.4 Å². The Morgan fingerprint density at radius 3 is 2.24 bits per heavy atom. The van der Waals surface area contributed by atoms with Gasteiger partial charge in [0.1, 0.15) is 28.7 Å². The standard InChI is InChI=1S/C24H30N8O4S/c1-7-31-12-11-18(29-31)23-27-28-24(32(23)21-19(35-5)9-8-10-20(21)36-6)30-37(33,34)17(4)16(3)22-25-13-15(2)14-26-22/h8-14,16-17H,7H2,1-6H3,(H,28,30)/t16?,17-/m0/s1. The largest absolute Gasteiger partial charge is 0.494 e. The normalized spacial score (nSPS) is 13.2. The molecule has 0 bridgehead atoms. The maximum Gasteiger partial charge on any atom is 0.243 e. The molecule has 1 aromatic carbocycles. The van der Waals surface area contributed by atoms with Crippen LogP contribution in [0.2, 0.25) is 0 Å². The molecule has 0 aliphatic carbocycles. The molecule has 0 aliphatic rings. The molecule has 12 nitrogen and oxygen atoms in total. The van der Waals surface area contributed by atoms with Crippen molar-refractivity contribution in [1.82, 2.24) is 34.5 Å². The Bertz CT molecular complexity index is 1460. The van der Waals surface area contributed by atoms with E-state index in [-0.39, 0.29) is 5.95 Å². The van der Waals surface area contributed by atoms with Crippen molar-refractivity contribution in [2.24, 2.45) is 0 Å². The van der Waals surface area contributed by atoms with Crippen LogP contribution >= 0.6 is 0 Å². The summed E-state index contributed by atoms with van der Waals surface area (Å²) < 4.78 is 44.2. The third kappa shape index (κ3) is 5.12. The minimum atomic E-state index is -3.97. The lowest BCUT2D eigenvalue weighted by Crippen LogP contribution is -2.31. The van der Waals surface area contributed by atoms with Crippen LogP contribution in [0, 0.1) is 6.92 Å². The molecule has 0 amide bonds. The zero-order chi connectivity index (χ0) is 26.7. The molecule has 1 N–H and O–H groups in total. The van der Waals surface area contributed by atoms with Crippen LogP contribution in [0.1, 0.15) is 38.1 Å². The summed E-state index contributed by atoms with van der Waals surface area (Å²) in [5, 5.41) is 12.1. The van der Waals surface area contributed by atoms with E-state index >= 15 is 0 Å². The highest BCUT2D eigenvalue weighted by Gasteiger charge is 2.32. The molecule has 1 unspecified atom stereocenters. The van der Waals surface area contributed by atoms with Gasteiger partial charge >= 0.3 is 0 Å². The molecule has 0 saturated carbocycles. The van der Waals surface area contributed by atoms with Crippen LogP contribution in [0.5, 0.6) is 11.5 Å². The van der Waals surface area contributed by atoms with E-state index in [1.807, 2.05) is 20.0 Å². The SMILES string of the molecule is CCn1ccc(-c2nnc(NS(=O)(=O)[C@@H](C)C(C)c3ncc(C)cn3)n2-c2c(OC)cccc2OC)n1. The van der Waals surface area contributed by atoms with Crippen molar-refractivity contribution >= 4 is 16.0 Å². The lowest BCUT2D eigenvalue weighted by molar-refractivity contribution is 0.391. The first-order valence-electron chi connectivity index (χ1n) is 11.7. The van der Waals surface area contributed by atoms with E-state index < -0.39 is 21.2 Å². The maximum atomic E-state index is 13.5. The molecule has 4 rings (SSSR count). The zero-order valence-electron chi connectivity index (χ0n) is 21.6. The predicted octanol–water partition coefficient (Wildman–Crippen LogP) is 3.20. The first-order valence-corrected chi connectivity index (χ1v) is 13.3. The van der Waals surface area contributed by atoms with E-state index in [9.17, 15) is 8.42 Å². The molecule has 4 aromatic rings. The van der Waals surface area contributed by atoms with Crippen molar-refractivity contribution < 1.29 is 17.9 Å². The number of hydrogen-bond acceptors (Lipinski definition) is 9. The number of anilines is 1. The molecular formula is C24H30N8O4S. The molecule has 0 saturated heterocycles. The smallest absolute Gasteiger partial charge is 0.243 e.